The van der Waals surface area contributed by atoms with Gasteiger partial charge in [-0.25, -0.2) is 14.6 Å². The Morgan fingerprint density at radius 2 is 2.04 bits per heavy atom. The third kappa shape index (κ3) is 2.47. The van der Waals surface area contributed by atoms with Crippen molar-refractivity contribution in [2.75, 3.05) is 13.1 Å². The van der Waals surface area contributed by atoms with Gasteiger partial charge < -0.3 is 14.6 Å². The number of imidazole rings is 1. The van der Waals surface area contributed by atoms with E-state index in [1.165, 1.54) is 0 Å². The minimum atomic E-state index is -0.499. The Labute approximate surface area is 143 Å². The summed E-state index contributed by atoms with van der Waals surface area (Å²) in [4.78, 5) is 33.0. The van der Waals surface area contributed by atoms with Gasteiger partial charge in [0.2, 0.25) is 0 Å². The lowest BCUT2D eigenvalue weighted by Gasteiger charge is -2.26. The summed E-state index contributed by atoms with van der Waals surface area (Å²) in [7, 11) is 0. The van der Waals surface area contributed by atoms with Crippen molar-refractivity contribution >= 4 is 28.7 Å². The van der Waals surface area contributed by atoms with Gasteiger partial charge in [0, 0.05) is 37.0 Å². The van der Waals surface area contributed by atoms with E-state index < -0.39 is 5.60 Å². The van der Waals surface area contributed by atoms with Crippen molar-refractivity contribution in [3.8, 4) is 0 Å². The van der Waals surface area contributed by atoms with Crippen LogP contribution in [-0.2, 0) is 4.74 Å². The smallest absolute Gasteiger partial charge is 0.410 e. The Bertz CT molecular complexity index is 870. The molecule has 8 heteroatoms. The first kappa shape index (κ1) is 15.5. The highest BCUT2D eigenvalue weighted by Crippen LogP contribution is 2.55. The van der Waals surface area contributed by atoms with Crippen molar-refractivity contribution in [3.63, 3.8) is 0 Å². The second-order valence-corrected chi connectivity index (χ2v) is 7.92. The molecule has 1 aliphatic carbocycles. The van der Waals surface area contributed by atoms with E-state index in [0.717, 1.165) is 5.52 Å². The zero-order chi connectivity index (χ0) is 17.2. The number of rotatable bonds is 1. The molecule has 0 spiro atoms. The molecule has 2 aromatic rings. The Hall–Kier alpha value is -2.02. The van der Waals surface area contributed by atoms with E-state index in [1.807, 2.05) is 20.8 Å². The largest absolute Gasteiger partial charge is 0.444 e. The highest BCUT2D eigenvalue weighted by Gasteiger charge is 2.59. The number of pyridine rings is 1. The molecular formula is C16H19ClN4O3. The number of amides is 1. The number of hydrogen-bond acceptors (Lipinski definition) is 4. The summed E-state index contributed by atoms with van der Waals surface area (Å²) < 4.78 is 7.17. The molecule has 1 aliphatic heterocycles. The average molecular weight is 351 g/mol. The molecule has 4 rings (SSSR count). The van der Waals surface area contributed by atoms with Crippen LogP contribution < -0.4 is 5.69 Å². The van der Waals surface area contributed by atoms with Gasteiger partial charge in [-0.05, 0) is 20.8 Å². The summed E-state index contributed by atoms with van der Waals surface area (Å²) >= 11 is 5.96. The zero-order valence-electron chi connectivity index (χ0n) is 13.7. The number of fused-ring (bicyclic) bond motifs is 2. The number of H-pyrrole nitrogens is 1. The van der Waals surface area contributed by atoms with Crippen molar-refractivity contribution in [1.82, 2.24) is 19.4 Å². The fraction of sp³-hybridized carbons (Fsp3) is 0.562. The number of hydrogen-bond donors (Lipinski definition) is 1. The van der Waals surface area contributed by atoms with Gasteiger partial charge in [-0.3, -0.25) is 4.57 Å². The van der Waals surface area contributed by atoms with Crippen LogP contribution in [0.3, 0.4) is 0 Å². The molecule has 3 heterocycles. The molecule has 0 aromatic carbocycles. The molecule has 24 heavy (non-hydrogen) atoms. The quantitative estimate of drug-likeness (QED) is 0.801. The minimum absolute atomic E-state index is 0.100. The molecule has 0 radical (unpaired) electrons. The molecule has 1 saturated carbocycles. The van der Waals surface area contributed by atoms with E-state index >= 15 is 0 Å². The summed E-state index contributed by atoms with van der Waals surface area (Å²) in [6.07, 6.45) is 1.28. The number of nitrogens with zero attached hydrogens (tertiary/aromatic N) is 3. The number of likely N-dealkylation sites (tertiary alicyclic amines) is 1. The molecule has 7 nitrogen and oxygen atoms in total. The fourth-order valence-electron chi connectivity index (χ4n) is 3.65. The predicted octanol–water partition coefficient (Wildman–Crippen LogP) is 2.42. The van der Waals surface area contributed by atoms with Crippen LogP contribution in [0.25, 0.3) is 11.0 Å². The standard InChI is InChI=1S/C16H19ClN4O3/c1-16(2,3)24-15(23)20-6-8-9(7-20)13(8)21-11-4-12(17)18-5-10(11)19-14(21)22/h4-5,8-9,13H,6-7H2,1-3H3,(H,19,22)/t8-,9+,13?. The SMILES string of the molecule is CC(C)(C)OC(=O)N1C[C@@H]2C(n3c(=O)[nH]c4cnc(Cl)cc43)[C@@H]2C1. The van der Waals surface area contributed by atoms with E-state index in [0.29, 0.717) is 23.8 Å². The Morgan fingerprint density at radius 3 is 2.67 bits per heavy atom. The Balaban J connectivity index is 1.53. The lowest BCUT2D eigenvalue weighted by atomic mass is 10.2. The Kier molecular flexibility index (Phi) is 3.22. The first-order valence-electron chi connectivity index (χ1n) is 7.98. The number of carbonyl (C=O) groups excluding carboxylic acids is 1. The first-order chi connectivity index (χ1) is 11.2. The van der Waals surface area contributed by atoms with Crippen LogP contribution in [0.15, 0.2) is 17.1 Å². The number of ether oxygens (including phenoxy) is 1. The summed E-state index contributed by atoms with van der Waals surface area (Å²) in [5.74, 6) is 0.558. The Morgan fingerprint density at radius 1 is 1.38 bits per heavy atom. The summed E-state index contributed by atoms with van der Waals surface area (Å²) in [6, 6.07) is 1.80. The van der Waals surface area contributed by atoms with Crippen molar-refractivity contribution in [1.29, 1.82) is 0 Å². The molecule has 3 atom stereocenters. The summed E-state index contributed by atoms with van der Waals surface area (Å²) in [5.41, 5.74) is 0.791. The molecular weight excluding hydrogens is 332 g/mol. The molecule has 0 bridgehead atoms. The molecule has 1 saturated heterocycles. The maximum Gasteiger partial charge on any atom is 0.410 e. The molecule has 1 N–H and O–H groups in total. The zero-order valence-corrected chi connectivity index (χ0v) is 14.5. The van der Waals surface area contributed by atoms with Gasteiger partial charge in [-0.15, -0.1) is 0 Å². The lowest BCUT2D eigenvalue weighted by Crippen LogP contribution is -2.37. The second-order valence-electron chi connectivity index (χ2n) is 7.53. The van der Waals surface area contributed by atoms with E-state index in [1.54, 1.807) is 21.7 Å². The number of piperidine rings is 1. The lowest BCUT2D eigenvalue weighted by molar-refractivity contribution is 0.0267. The normalized spacial score (nSPS) is 25.8. The van der Waals surface area contributed by atoms with Gasteiger partial charge in [0.15, 0.2) is 0 Å². The first-order valence-corrected chi connectivity index (χ1v) is 8.36. The third-order valence-corrected chi connectivity index (χ3v) is 4.87. The average Bonchev–Trinajstić information content (AvgIpc) is 2.82. The van der Waals surface area contributed by atoms with Crippen molar-refractivity contribution in [2.24, 2.45) is 11.8 Å². The van der Waals surface area contributed by atoms with Crippen LogP contribution in [0.1, 0.15) is 26.8 Å². The maximum absolute atomic E-state index is 12.3. The highest BCUT2D eigenvalue weighted by molar-refractivity contribution is 6.29. The van der Waals surface area contributed by atoms with Gasteiger partial charge in [-0.1, -0.05) is 11.6 Å². The number of nitrogens with one attached hydrogen (secondary N) is 1. The van der Waals surface area contributed by atoms with Gasteiger partial charge in [0.25, 0.3) is 0 Å². The van der Waals surface area contributed by atoms with E-state index in [9.17, 15) is 9.59 Å². The van der Waals surface area contributed by atoms with E-state index in [2.05, 4.69) is 9.97 Å². The van der Waals surface area contributed by atoms with Crippen LogP contribution in [0.5, 0.6) is 0 Å². The van der Waals surface area contributed by atoms with Crippen LogP contribution in [0.2, 0.25) is 5.15 Å². The van der Waals surface area contributed by atoms with E-state index in [-0.39, 0.29) is 29.7 Å². The van der Waals surface area contributed by atoms with Gasteiger partial charge in [0.05, 0.1) is 17.2 Å². The summed E-state index contributed by atoms with van der Waals surface area (Å²) in [5, 5.41) is 0.358. The van der Waals surface area contributed by atoms with Crippen LogP contribution >= 0.6 is 11.6 Å². The third-order valence-electron chi connectivity index (χ3n) is 4.67. The fourth-order valence-corrected chi connectivity index (χ4v) is 3.80. The van der Waals surface area contributed by atoms with E-state index in [4.69, 9.17) is 16.3 Å². The van der Waals surface area contributed by atoms with Gasteiger partial charge in [-0.2, -0.15) is 0 Å². The van der Waals surface area contributed by atoms with Crippen LogP contribution in [0.4, 0.5) is 4.79 Å². The van der Waals surface area contributed by atoms with Gasteiger partial charge in [0.1, 0.15) is 10.8 Å². The molecule has 2 aliphatic rings. The van der Waals surface area contributed by atoms with Crippen LogP contribution in [0, 0.1) is 11.8 Å². The summed E-state index contributed by atoms with van der Waals surface area (Å²) in [6.45, 7) is 6.79. The topological polar surface area (TPSA) is 80.2 Å². The molecule has 2 fully saturated rings. The van der Waals surface area contributed by atoms with Crippen molar-refractivity contribution in [3.05, 3.63) is 27.9 Å². The number of halogens is 1. The maximum atomic E-state index is 12.3. The monoisotopic (exact) mass is 350 g/mol. The van der Waals surface area contributed by atoms with Crippen molar-refractivity contribution < 1.29 is 9.53 Å². The number of carbonyl (C=O) groups is 1. The molecule has 1 amide bonds. The van der Waals surface area contributed by atoms with Gasteiger partial charge >= 0.3 is 11.8 Å². The second kappa shape index (κ2) is 4.99. The number of aromatic nitrogens is 3. The molecule has 1 unspecified atom stereocenters. The molecule has 128 valence electrons. The predicted molar refractivity (Wildman–Crippen MR) is 89.2 cm³/mol. The minimum Gasteiger partial charge on any atom is -0.444 e. The van der Waals surface area contributed by atoms with Crippen molar-refractivity contribution in [2.45, 2.75) is 32.4 Å². The highest BCUT2D eigenvalue weighted by atomic mass is 35.5. The van der Waals surface area contributed by atoms with Crippen LogP contribution in [-0.4, -0.2) is 44.2 Å². The molecule has 2 aromatic heterocycles. The number of aromatic amines is 1.